The fourth-order valence-electron chi connectivity index (χ4n) is 2.23. The third-order valence-corrected chi connectivity index (χ3v) is 3.15. The van der Waals surface area contributed by atoms with Gasteiger partial charge < -0.3 is 0 Å². The molecule has 1 aliphatic rings. The first-order valence-corrected chi connectivity index (χ1v) is 5.81. The number of aromatic nitrogens is 1. The van der Waals surface area contributed by atoms with Crippen molar-refractivity contribution in [2.75, 3.05) is 4.90 Å². The topological polar surface area (TPSA) is 57.0 Å². The molecule has 0 radical (unpaired) electrons. The average Bonchev–Trinajstić information content (AvgIpc) is 2.71. The van der Waals surface area contributed by atoms with Crippen LogP contribution in [0.4, 0.5) is 5.82 Å². The van der Waals surface area contributed by atoms with E-state index in [1.165, 1.54) is 6.20 Å². The summed E-state index contributed by atoms with van der Waals surface area (Å²) in [5, 5.41) is 8.72. The molecule has 1 aromatic rings. The molecule has 4 nitrogen and oxygen atoms in total. The molecular formula is C13H15N3O. The molecule has 1 saturated heterocycles. The number of hydrogen-bond acceptors (Lipinski definition) is 3. The molecule has 0 saturated carbocycles. The first kappa shape index (κ1) is 11.6. The molecule has 1 unspecified atom stereocenters. The number of pyridine rings is 1. The number of rotatable bonds is 2. The second kappa shape index (κ2) is 4.54. The van der Waals surface area contributed by atoms with Crippen LogP contribution in [0, 0.1) is 17.2 Å². The lowest BCUT2D eigenvalue weighted by Gasteiger charge is -2.26. The normalized spacial score (nSPS) is 19.8. The summed E-state index contributed by atoms with van der Waals surface area (Å²) in [7, 11) is 0. The van der Waals surface area contributed by atoms with Crippen molar-refractivity contribution in [3.63, 3.8) is 0 Å². The number of hydrogen-bond donors (Lipinski definition) is 0. The van der Waals surface area contributed by atoms with E-state index in [1.54, 1.807) is 17.0 Å². The molecule has 2 heterocycles. The van der Waals surface area contributed by atoms with E-state index in [-0.39, 0.29) is 11.9 Å². The van der Waals surface area contributed by atoms with Crippen LogP contribution >= 0.6 is 0 Å². The van der Waals surface area contributed by atoms with Gasteiger partial charge in [-0.25, -0.2) is 4.98 Å². The van der Waals surface area contributed by atoms with Gasteiger partial charge in [-0.15, -0.1) is 0 Å². The molecule has 0 spiro atoms. The molecule has 1 aliphatic heterocycles. The zero-order valence-corrected chi connectivity index (χ0v) is 10.1. The van der Waals surface area contributed by atoms with Gasteiger partial charge in [-0.05, 0) is 24.5 Å². The predicted molar refractivity (Wildman–Crippen MR) is 64.3 cm³/mol. The Kier molecular flexibility index (Phi) is 3.10. The molecule has 1 amide bonds. The summed E-state index contributed by atoms with van der Waals surface area (Å²) >= 11 is 0. The monoisotopic (exact) mass is 229 g/mol. The van der Waals surface area contributed by atoms with Gasteiger partial charge in [-0.3, -0.25) is 9.69 Å². The highest BCUT2D eigenvalue weighted by molar-refractivity contribution is 5.95. The Bertz CT molecular complexity index is 459. The lowest BCUT2D eigenvalue weighted by Crippen LogP contribution is -2.36. The third-order valence-electron chi connectivity index (χ3n) is 3.15. The Morgan fingerprint density at radius 3 is 2.82 bits per heavy atom. The van der Waals surface area contributed by atoms with Crippen LogP contribution in [0.15, 0.2) is 18.3 Å². The van der Waals surface area contributed by atoms with E-state index in [1.807, 2.05) is 6.07 Å². The van der Waals surface area contributed by atoms with Gasteiger partial charge in [0.25, 0.3) is 0 Å². The highest BCUT2D eigenvalue weighted by Gasteiger charge is 2.34. The summed E-state index contributed by atoms with van der Waals surface area (Å²) in [6.45, 7) is 4.22. The maximum absolute atomic E-state index is 11.9. The quantitative estimate of drug-likeness (QED) is 0.780. The lowest BCUT2D eigenvalue weighted by atomic mass is 10.0. The predicted octanol–water partition coefficient (Wildman–Crippen LogP) is 2.10. The average molecular weight is 229 g/mol. The Morgan fingerprint density at radius 1 is 1.53 bits per heavy atom. The van der Waals surface area contributed by atoms with E-state index in [9.17, 15) is 4.79 Å². The van der Waals surface area contributed by atoms with Crippen LogP contribution in [-0.4, -0.2) is 16.9 Å². The molecule has 1 fully saturated rings. The van der Waals surface area contributed by atoms with Crippen molar-refractivity contribution in [1.29, 1.82) is 5.26 Å². The number of carbonyl (C=O) groups excluding carboxylic acids is 1. The summed E-state index contributed by atoms with van der Waals surface area (Å²) in [6.07, 6.45) is 2.99. The minimum atomic E-state index is 0.126. The van der Waals surface area contributed by atoms with Gasteiger partial charge in [0.15, 0.2) is 0 Å². The molecule has 88 valence electrons. The maximum Gasteiger partial charge on any atom is 0.228 e. The van der Waals surface area contributed by atoms with Crippen LogP contribution in [0.1, 0.15) is 32.3 Å². The van der Waals surface area contributed by atoms with Crippen molar-refractivity contribution < 1.29 is 4.79 Å². The minimum Gasteiger partial charge on any atom is -0.293 e. The van der Waals surface area contributed by atoms with E-state index < -0.39 is 0 Å². The second-order valence-electron chi connectivity index (χ2n) is 4.63. The Hall–Kier alpha value is -1.89. The van der Waals surface area contributed by atoms with Crippen molar-refractivity contribution in [1.82, 2.24) is 4.98 Å². The van der Waals surface area contributed by atoms with E-state index in [2.05, 4.69) is 18.8 Å². The molecule has 0 aliphatic carbocycles. The molecular weight excluding hydrogens is 214 g/mol. The van der Waals surface area contributed by atoms with Gasteiger partial charge >= 0.3 is 0 Å². The number of nitriles is 1. The van der Waals surface area contributed by atoms with E-state index in [0.29, 0.717) is 23.7 Å². The van der Waals surface area contributed by atoms with Crippen molar-refractivity contribution in [2.45, 2.75) is 32.7 Å². The number of anilines is 1. The second-order valence-corrected chi connectivity index (χ2v) is 4.63. The zero-order chi connectivity index (χ0) is 12.4. The van der Waals surface area contributed by atoms with Crippen LogP contribution in [-0.2, 0) is 4.79 Å². The smallest absolute Gasteiger partial charge is 0.228 e. The first-order chi connectivity index (χ1) is 8.13. The molecule has 1 atom stereocenters. The van der Waals surface area contributed by atoms with Crippen LogP contribution in [0.25, 0.3) is 0 Å². The van der Waals surface area contributed by atoms with Gasteiger partial charge in [0, 0.05) is 18.7 Å². The van der Waals surface area contributed by atoms with E-state index >= 15 is 0 Å². The van der Waals surface area contributed by atoms with Crippen molar-refractivity contribution in [3.8, 4) is 6.07 Å². The zero-order valence-electron chi connectivity index (χ0n) is 10.1. The fourth-order valence-corrected chi connectivity index (χ4v) is 2.23. The molecule has 0 bridgehead atoms. The first-order valence-electron chi connectivity index (χ1n) is 5.81. The summed E-state index contributed by atoms with van der Waals surface area (Å²) < 4.78 is 0. The van der Waals surface area contributed by atoms with Gasteiger partial charge in [-0.2, -0.15) is 5.26 Å². The molecule has 17 heavy (non-hydrogen) atoms. The van der Waals surface area contributed by atoms with Gasteiger partial charge in [0.1, 0.15) is 11.9 Å². The summed E-state index contributed by atoms with van der Waals surface area (Å²) in [6, 6.07) is 5.70. The summed E-state index contributed by atoms with van der Waals surface area (Å²) in [5.74, 6) is 1.20. The number of carbonyl (C=O) groups is 1. The van der Waals surface area contributed by atoms with Gasteiger partial charge in [0.2, 0.25) is 5.91 Å². The highest BCUT2D eigenvalue weighted by Crippen LogP contribution is 2.29. The third kappa shape index (κ3) is 2.14. The largest absolute Gasteiger partial charge is 0.293 e. The standard InChI is InChI=1S/C13H15N3O/c1-9(2)11-4-6-13(17)16(11)12-5-3-10(7-14)8-15-12/h3,5,8-9,11H,4,6H2,1-2H3. The van der Waals surface area contributed by atoms with E-state index in [4.69, 9.17) is 5.26 Å². The number of amides is 1. The Balaban J connectivity index is 2.30. The van der Waals surface area contributed by atoms with Crippen LogP contribution in [0.5, 0.6) is 0 Å². The van der Waals surface area contributed by atoms with E-state index in [0.717, 1.165) is 6.42 Å². The molecule has 1 aromatic heterocycles. The Morgan fingerprint density at radius 2 is 2.29 bits per heavy atom. The maximum atomic E-state index is 11.9. The van der Waals surface area contributed by atoms with Gasteiger partial charge in [0.05, 0.1) is 5.56 Å². The van der Waals surface area contributed by atoms with Crippen molar-refractivity contribution in [3.05, 3.63) is 23.9 Å². The van der Waals surface area contributed by atoms with Crippen molar-refractivity contribution in [2.24, 2.45) is 5.92 Å². The molecule has 4 heteroatoms. The van der Waals surface area contributed by atoms with Crippen LogP contribution < -0.4 is 4.90 Å². The number of nitrogens with zero attached hydrogens (tertiary/aromatic N) is 3. The van der Waals surface area contributed by atoms with Gasteiger partial charge in [-0.1, -0.05) is 13.8 Å². The van der Waals surface area contributed by atoms with Crippen LogP contribution in [0.3, 0.4) is 0 Å². The molecule has 2 rings (SSSR count). The SMILES string of the molecule is CC(C)C1CCC(=O)N1c1ccc(C#N)cn1. The Labute approximate surface area is 101 Å². The molecule has 0 N–H and O–H groups in total. The molecule has 0 aromatic carbocycles. The van der Waals surface area contributed by atoms with Crippen LogP contribution in [0.2, 0.25) is 0 Å². The fraction of sp³-hybridized carbons (Fsp3) is 0.462. The minimum absolute atomic E-state index is 0.126. The van der Waals surface area contributed by atoms with Crippen molar-refractivity contribution >= 4 is 11.7 Å². The highest BCUT2D eigenvalue weighted by atomic mass is 16.2. The summed E-state index contributed by atoms with van der Waals surface area (Å²) in [4.78, 5) is 17.8. The lowest BCUT2D eigenvalue weighted by molar-refractivity contribution is -0.117. The summed E-state index contributed by atoms with van der Waals surface area (Å²) in [5.41, 5.74) is 0.515.